The number of benzene rings is 2. The van der Waals surface area contributed by atoms with E-state index < -0.39 is 11.7 Å². The number of rotatable bonds is 6. The number of imidazole rings is 1. The van der Waals surface area contributed by atoms with E-state index in [0.717, 1.165) is 56.0 Å². The van der Waals surface area contributed by atoms with Gasteiger partial charge < -0.3 is 14.8 Å². The van der Waals surface area contributed by atoms with Gasteiger partial charge in [-0.05, 0) is 49.9 Å². The zero-order valence-corrected chi connectivity index (χ0v) is 20.8. The molecule has 192 valence electrons. The van der Waals surface area contributed by atoms with Crippen LogP contribution in [-0.4, -0.2) is 32.6 Å². The number of hydrogen-bond donors (Lipinski definition) is 1. The van der Waals surface area contributed by atoms with E-state index in [9.17, 15) is 13.2 Å². The Labute approximate surface area is 214 Å². The number of piperidine rings is 1. The van der Waals surface area contributed by atoms with Crippen LogP contribution in [0.3, 0.4) is 0 Å². The van der Waals surface area contributed by atoms with Crippen molar-refractivity contribution in [3.05, 3.63) is 78.0 Å². The van der Waals surface area contributed by atoms with Gasteiger partial charge in [0.15, 0.2) is 0 Å². The predicted molar refractivity (Wildman–Crippen MR) is 139 cm³/mol. The van der Waals surface area contributed by atoms with Crippen LogP contribution in [-0.2, 0) is 13.2 Å². The summed E-state index contributed by atoms with van der Waals surface area (Å²) in [5.41, 5.74) is 2.49. The summed E-state index contributed by atoms with van der Waals surface area (Å²) in [5.74, 6) is 1.16. The standard InChI is InChI=1S/C28H29F3N6/c1-19(20-10-5-3-6-11-20)33-26-32-15-14-23(34-26)25-24(21-12-9-13-22(18-21)28(29,30)31)35-27(36(25)2)37-16-7-4-8-17-37/h3,5-6,9-15,18-19H,4,7-8,16-17H2,1-2H3,(H,32,33,34). The molecule has 5 rings (SSSR count). The highest BCUT2D eigenvalue weighted by atomic mass is 19.4. The number of anilines is 2. The fourth-order valence-corrected chi connectivity index (χ4v) is 4.78. The van der Waals surface area contributed by atoms with E-state index in [0.29, 0.717) is 28.6 Å². The first-order valence-corrected chi connectivity index (χ1v) is 12.5. The fraction of sp³-hybridized carbons (Fsp3) is 0.321. The van der Waals surface area contributed by atoms with Gasteiger partial charge in [0.05, 0.1) is 23.0 Å². The quantitative estimate of drug-likeness (QED) is 0.314. The molecule has 3 heterocycles. The lowest BCUT2D eigenvalue weighted by Crippen LogP contribution is -2.31. The lowest BCUT2D eigenvalue weighted by molar-refractivity contribution is -0.137. The normalized spacial score (nSPS) is 15.0. The van der Waals surface area contributed by atoms with Gasteiger partial charge in [0.1, 0.15) is 5.69 Å². The molecule has 2 aromatic carbocycles. The predicted octanol–water partition coefficient (Wildman–Crippen LogP) is 6.73. The minimum atomic E-state index is -4.44. The van der Waals surface area contributed by atoms with Crippen LogP contribution in [0.25, 0.3) is 22.6 Å². The van der Waals surface area contributed by atoms with Crippen LogP contribution in [0, 0.1) is 0 Å². The Balaban J connectivity index is 1.58. The van der Waals surface area contributed by atoms with Gasteiger partial charge in [0, 0.05) is 31.9 Å². The van der Waals surface area contributed by atoms with E-state index in [1.807, 2.05) is 48.9 Å². The Hall–Kier alpha value is -3.88. The average Bonchev–Trinajstić information content (AvgIpc) is 3.26. The summed E-state index contributed by atoms with van der Waals surface area (Å²) in [7, 11) is 1.89. The third kappa shape index (κ3) is 5.30. The van der Waals surface area contributed by atoms with Crippen LogP contribution < -0.4 is 10.2 Å². The van der Waals surface area contributed by atoms with Crippen molar-refractivity contribution < 1.29 is 13.2 Å². The molecule has 1 fully saturated rings. The number of halogens is 3. The van der Waals surface area contributed by atoms with Crippen LogP contribution in [0.1, 0.15) is 43.4 Å². The van der Waals surface area contributed by atoms with Gasteiger partial charge in [0.2, 0.25) is 11.9 Å². The molecule has 1 N–H and O–H groups in total. The Bertz CT molecular complexity index is 1360. The van der Waals surface area contributed by atoms with Crippen molar-refractivity contribution in [3.63, 3.8) is 0 Å². The highest BCUT2D eigenvalue weighted by Crippen LogP contribution is 2.38. The molecule has 0 amide bonds. The number of alkyl halides is 3. The Morgan fingerprint density at radius 1 is 0.919 bits per heavy atom. The maximum absolute atomic E-state index is 13.5. The molecule has 1 atom stereocenters. The molecule has 1 aliphatic heterocycles. The van der Waals surface area contributed by atoms with Crippen LogP contribution in [0.4, 0.5) is 25.1 Å². The number of hydrogen-bond acceptors (Lipinski definition) is 5. The molecular weight excluding hydrogens is 477 g/mol. The summed E-state index contributed by atoms with van der Waals surface area (Å²) in [6.07, 6.45) is 0.487. The van der Waals surface area contributed by atoms with Crippen LogP contribution in [0.2, 0.25) is 0 Å². The smallest absolute Gasteiger partial charge is 0.348 e. The van der Waals surface area contributed by atoms with E-state index >= 15 is 0 Å². The van der Waals surface area contributed by atoms with E-state index in [-0.39, 0.29) is 6.04 Å². The molecule has 0 bridgehead atoms. The Kier molecular flexibility index (Phi) is 6.86. The molecule has 0 radical (unpaired) electrons. The van der Waals surface area contributed by atoms with Gasteiger partial charge in [-0.2, -0.15) is 13.2 Å². The molecule has 1 aliphatic rings. The lowest BCUT2D eigenvalue weighted by atomic mass is 10.0. The van der Waals surface area contributed by atoms with Crippen molar-refractivity contribution in [3.8, 4) is 22.6 Å². The minimum absolute atomic E-state index is 0.0326. The third-order valence-electron chi connectivity index (χ3n) is 6.72. The van der Waals surface area contributed by atoms with Gasteiger partial charge in [-0.25, -0.2) is 15.0 Å². The Morgan fingerprint density at radius 3 is 2.41 bits per heavy atom. The van der Waals surface area contributed by atoms with E-state index in [1.165, 1.54) is 6.07 Å². The molecule has 4 aromatic rings. The molecule has 6 nitrogen and oxygen atoms in total. The van der Waals surface area contributed by atoms with Gasteiger partial charge in [-0.1, -0.05) is 42.5 Å². The summed E-state index contributed by atoms with van der Waals surface area (Å²) < 4.78 is 42.5. The first-order valence-electron chi connectivity index (χ1n) is 12.5. The number of aromatic nitrogens is 4. The van der Waals surface area contributed by atoms with Gasteiger partial charge in [-0.15, -0.1) is 0 Å². The first-order chi connectivity index (χ1) is 17.8. The second-order valence-electron chi connectivity index (χ2n) is 9.34. The molecule has 1 saturated heterocycles. The Morgan fingerprint density at radius 2 is 1.68 bits per heavy atom. The third-order valence-corrected chi connectivity index (χ3v) is 6.72. The van der Waals surface area contributed by atoms with Crippen molar-refractivity contribution in [2.45, 2.75) is 38.4 Å². The molecule has 2 aromatic heterocycles. The molecule has 0 aliphatic carbocycles. The largest absolute Gasteiger partial charge is 0.416 e. The van der Waals surface area contributed by atoms with Crippen molar-refractivity contribution in [2.75, 3.05) is 23.3 Å². The summed E-state index contributed by atoms with van der Waals surface area (Å²) in [6, 6.07) is 17.0. The summed E-state index contributed by atoms with van der Waals surface area (Å²) in [5, 5.41) is 3.34. The lowest BCUT2D eigenvalue weighted by Gasteiger charge is -2.27. The SMILES string of the molecule is CC(Nc1nccc(-c2c(-c3cccc(C(F)(F)F)c3)nc(N3CCCCC3)n2C)n1)c1ccccc1. The highest BCUT2D eigenvalue weighted by Gasteiger charge is 2.31. The molecule has 0 saturated carbocycles. The molecular formula is C28H29F3N6. The first kappa shape index (κ1) is 24.8. The topological polar surface area (TPSA) is 58.9 Å². The number of nitrogens with one attached hydrogen (secondary N) is 1. The fourth-order valence-electron chi connectivity index (χ4n) is 4.78. The van der Waals surface area contributed by atoms with Gasteiger partial charge in [0.25, 0.3) is 0 Å². The molecule has 1 unspecified atom stereocenters. The van der Waals surface area contributed by atoms with Gasteiger partial charge in [-0.3, -0.25) is 0 Å². The maximum atomic E-state index is 13.5. The average molecular weight is 507 g/mol. The summed E-state index contributed by atoms with van der Waals surface area (Å²) in [4.78, 5) is 16.2. The zero-order valence-electron chi connectivity index (χ0n) is 20.8. The minimum Gasteiger partial charge on any atom is -0.348 e. The molecule has 9 heteroatoms. The van der Waals surface area contributed by atoms with E-state index in [2.05, 4.69) is 15.2 Å². The van der Waals surface area contributed by atoms with Gasteiger partial charge >= 0.3 is 6.18 Å². The number of nitrogens with zero attached hydrogens (tertiary/aromatic N) is 5. The van der Waals surface area contributed by atoms with Crippen molar-refractivity contribution in [1.29, 1.82) is 0 Å². The second kappa shape index (κ2) is 10.2. The molecule has 0 spiro atoms. The highest BCUT2D eigenvalue weighted by molar-refractivity contribution is 5.80. The summed E-state index contributed by atoms with van der Waals surface area (Å²) in [6.45, 7) is 3.74. The van der Waals surface area contributed by atoms with Crippen LogP contribution in [0.15, 0.2) is 66.9 Å². The zero-order chi connectivity index (χ0) is 26.0. The van der Waals surface area contributed by atoms with Crippen molar-refractivity contribution in [2.24, 2.45) is 7.05 Å². The maximum Gasteiger partial charge on any atom is 0.416 e. The van der Waals surface area contributed by atoms with Crippen molar-refractivity contribution >= 4 is 11.9 Å². The second-order valence-corrected chi connectivity index (χ2v) is 9.34. The van der Waals surface area contributed by atoms with Crippen LogP contribution >= 0.6 is 0 Å². The van der Waals surface area contributed by atoms with E-state index in [4.69, 9.17) is 9.97 Å². The van der Waals surface area contributed by atoms with E-state index in [1.54, 1.807) is 18.3 Å². The molecule has 37 heavy (non-hydrogen) atoms. The monoisotopic (exact) mass is 506 g/mol. The van der Waals surface area contributed by atoms with Crippen molar-refractivity contribution in [1.82, 2.24) is 19.5 Å². The summed E-state index contributed by atoms with van der Waals surface area (Å²) >= 11 is 0. The van der Waals surface area contributed by atoms with Crippen LogP contribution in [0.5, 0.6) is 0 Å².